The van der Waals surface area contributed by atoms with Crippen LogP contribution in [0.4, 0.5) is 5.82 Å². The highest BCUT2D eigenvalue weighted by atomic mass is 16.1. The molecule has 6 heteroatoms. The van der Waals surface area contributed by atoms with Gasteiger partial charge in [-0.15, -0.1) is 0 Å². The Morgan fingerprint density at radius 3 is 2.65 bits per heavy atom. The van der Waals surface area contributed by atoms with E-state index in [4.69, 9.17) is 0 Å². The SMILES string of the molecule is Cc1cc(-c2cc3cnc(NC(=O)C(C)C)cc3n2C)ncn1. The fourth-order valence-corrected chi connectivity index (χ4v) is 2.41. The van der Waals surface area contributed by atoms with E-state index in [2.05, 4.69) is 20.3 Å². The van der Waals surface area contributed by atoms with Crippen LogP contribution in [0.25, 0.3) is 22.3 Å². The van der Waals surface area contributed by atoms with Crippen molar-refractivity contribution in [1.82, 2.24) is 19.5 Å². The number of nitrogens with zero attached hydrogens (tertiary/aromatic N) is 4. The highest BCUT2D eigenvalue weighted by Gasteiger charge is 2.12. The van der Waals surface area contributed by atoms with Gasteiger partial charge in [-0.1, -0.05) is 13.8 Å². The van der Waals surface area contributed by atoms with Crippen LogP contribution in [-0.2, 0) is 11.8 Å². The monoisotopic (exact) mass is 309 g/mol. The molecule has 3 rings (SSSR count). The molecule has 0 aliphatic rings. The maximum Gasteiger partial charge on any atom is 0.228 e. The van der Waals surface area contributed by atoms with E-state index in [-0.39, 0.29) is 11.8 Å². The minimum atomic E-state index is -0.0829. The summed E-state index contributed by atoms with van der Waals surface area (Å²) in [5, 5.41) is 3.83. The predicted molar refractivity (Wildman–Crippen MR) is 89.9 cm³/mol. The Morgan fingerprint density at radius 2 is 1.96 bits per heavy atom. The average Bonchev–Trinajstić information content (AvgIpc) is 2.84. The first-order valence-corrected chi connectivity index (χ1v) is 7.51. The molecule has 0 fully saturated rings. The third-order valence-electron chi connectivity index (χ3n) is 3.77. The molecule has 6 nitrogen and oxygen atoms in total. The molecule has 0 aliphatic carbocycles. The van der Waals surface area contributed by atoms with E-state index in [1.54, 1.807) is 12.5 Å². The predicted octanol–water partition coefficient (Wildman–Crippen LogP) is 2.93. The molecule has 0 saturated heterocycles. The number of hydrogen-bond donors (Lipinski definition) is 1. The largest absolute Gasteiger partial charge is 0.342 e. The number of hydrogen-bond acceptors (Lipinski definition) is 4. The Labute approximate surface area is 134 Å². The summed E-state index contributed by atoms with van der Waals surface area (Å²) in [6.07, 6.45) is 3.33. The Balaban J connectivity index is 2.04. The first kappa shape index (κ1) is 15.1. The molecular weight excluding hydrogens is 290 g/mol. The van der Waals surface area contributed by atoms with Gasteiger partial charge in [-0.2, -0.15) is 0 Å². The van der Waals surface area contributed by atoms with Crippen LogP contribution in [0, 0.1) is 12.8 Å². The first-order chi connectivity index (χ1) is 11.0. The molecule has 0 aliphatic heterocycles. The van der Waals surface area contributed by atoms with Gasteiger partial charge in [0.1, 0.15) is 12.1 Å². The number of carbonyl (C=O) groups excluding carboxylic acids is 1. The van der Waals surface area contributed by atoms with Crippen LogP contribution in [0.15, 0.2) is 30.7 Å². The summed E-state index contributed by atoms with van der Waals surface area (Å²) in [6, 6.07) is 5.87. The highest BCUT2D eigenvalue weighted by Crippen LogP contribution is 2.27. The molecule has 0 aromatic carbocycles. The van der Waals surface area contributed by atoms with Crippen molar-refractivity contribution in [1.29, 1.82) is 0 Å². The molecule has 3 heterocycles. The molecule has 0 spiro atoms. The van der Waals surface area contributed by atoms with Gasteiger partial charge >= 0.3 is 0 Å². The normalized spacial score (nSPS) is 11.2. The molecule has 118 valence electrons. The highest BCUT2D eigenvalue weighted by molar-refractivity contribution is 5.94. The van der Waals surface area contributed by atoms with Crippen molar-refractivity contribution < 1.29 is 4.79 Å². The zero-order valence-corrected chi connectivity index (χ0v) is 13.7. The van der Waals surface area contributed by atoms with Gasteiger partial charge in [0.25, 0.3) is 0 Å². The quantitative estimate of drug-likeness (QED) is 0.807. The number of rotatable bonds is 3. The molecule has 0 bridgehead atoms. The van der Waals surface area contributed by atoms with Gasteiger partial charge in [-0.3, -0.25) is 4.79 Å². The van der Waals surface area contributed by atoms with Crippen molar-refractivity contribution in [2.75, 3.05) is 5.32 Å². The average molecular weight is 309 g/mol. The summed E-state index contributed by atoms with van der Waals surface area (Å²) < 4.78 is 2.05. The summed E-state index contributed by atoms with van der Waals surface area (Å²) in [5.74, 6) is 0.431. The van der Waals surface area contributed by atoms with E-state index >= 15 is 0 Å². The van der Waals surface area contributed by atoms with E-state index in [0.29, 0.717) is 5.82 Å². The molecule has 23 heavy (non-hydrogen) atoms. The van der Waals surface area contributed by atoms with Crippen LogP contribution in [0.2, 0.25) is 0 Å². The van der Waals surface area contributed by atoms with Crippen molar-refractivity contribution in [2.24, 2.45) is 13.0 Å². The van der Waals surface area contributed by atoms with E-state index < -0.39 is 0 Å². The number of amides is 1. The molecule has 3 aromatic rings. The number of aromatic nitrogens is 4. The van der Waals surface area contributed by atoms with Gasteiger partial charge in [0.15, 0.2) is 0 Å². The lowest BCUT2D eigenvalue weighted by Crippen LogP contribution is -2.18. The number of fused-ring (bicyclic) bond motifs is 1. The van der Waals surface area contributed by atoms with Crippen molar-refractivity contribution in [3.05, 3.63) is 36.4 Å². The summed E-state index contributed by atoms with van der Waals surface area (Å²) in [7, 11) is 1.98. The van der Waals surface area contributed by atoms with Crippen molar-refractivity contribution in [3.63, 3.8) is 0 Å². The standard InChI is InChI=1S/C17H19N5O/c1-10(2)17(23)21-16-7-14-12(8-18-16)6-15(22(14)4)13-5-11(3)19-9-20-13/h5-10H,1-4H3,(H,18,21,23). The molecule has 1 amide bonds. The molecular formula is C17H19N5O. The number of nitrogens with one attached hydrogen (secondary N) is 1. The molecule has 3 aromatic heterocycles. The smallest absolute Gasteiger partial charge is 0.228 e. The van der Waals surface area contributed by atoms with Crippen LogP contribution < -0.4 is 5.32 Å². The van der Waals surface area contributed by atoms with E-state index in [9.17, 15) is 4.79 Å². The second-order valence-electron chi connectivity index (χ2n) is 5.91. The minimum absolute atomic E-state index is 0.0438. The first-order valence-electron chi connectivity index (χ1n) is 7.51. The van der Waals surface area contributed by atoms with Crippen molar-refractivity contribution in [3.8, 4) is 11.4 Å². The van der Waals surface area contributed by atoms with Gasteiger partial charge in [0.05, 0.1) is 16.9 Å². The summed E-state index contributed by atoms with van der Waals surface area (Å²) >= 11 is 0. The van der Waals surface area contributed by atoms with Crippen LogP contribution in [0.5, 0.6) is 0 Å². The van der Waals surface area contributed by atoms with Gasteiger partial charge in [-0.25, -0.2) is 15.0 Å². The second-order valence-corrected chi connectivity index (χ2v) is 5.91. The Hall–Kier alpha value is -2.76. The zero-order valence-electron chi connectivity index (χ0n) is 13.7. The summed E-state index contributed by atoms with van der Waals surface area (Å²) in [4.78, 5) is 24.6. The third kappa shape index (κ3) is 2.92. The Kier molecular flexibility index (Phi) is 3.82. The third-order valence-corrected chi connectivity index (χ3v) is 3.77. The Bertz CT molecular complexity index is 882. The fraction of sp³-hybridized carbons (Fsp3) is 0.294. The molecule has 1 N–H and O–H groups in total. The molecule has 0 saturated carbocycles. The molecule has 0 unspecified atom stereocenters. The number of carbonyl (C=O) groups is 1. The van der Waals surface area contributed by atoms with E-state index in [1.807, 2.05) is 50.6 Å². The maximum absolute atomic E-state index is 11.8. The Morgan fingerprint density at radius 1 is 1.17 bits per heavy atom. The number of anilines is 1. The lowest BCUT2D eigenvalue weighted by Gasteiger charge is -2.08. The van der Waals surface area contributed by atoms with Crippen molar-refractivity contribution >= 4 is 22.6 Å². The van der Waals surface area contributed by atoms with Crippen LogP contribution in [0.3, 0.4) is 0 Å². The minimum Gasteiger partial charge on any atom is -0.342 e. The van der Waals surface area contributed by atoms with E-state index in [1.165, 1.54) is 0 Å². The molecule has 0 radical (unpaired) electrons. The van der Waals surface area contributed by atoms with Gasteiger partial charge < -0.3 is 9.88 Å². The topological polar surface area (TPSA) is 72.7 Å². The van der Waals surface area contributed by atoms with E-state index in [0.717, 1.165) is 28.0 Å². The second kappa shape index (κ2) is 5.79. The van der Waals surface area contributed by atoms with Crippen LogP contribution in [-0.4, -0.2) is 25.4 Å². The van der Waals surface area contributed by atoms with Gasteiger partial charge in [0, 0.05) is 36.3 Å². The van der Waals surface area contributed by atoms with Gasteiger partial charge in [-0.05, 0) is 19.1 Å². The van der Waals surface area contributed by atoms with Crippen LogP contribution >= 0.6 is 0 Å². The van der Waals surface area contributed by atoms with Crippen molar-refractivity contribution in [2.45, 2.75) is 20.8 Å². The summed E-state index contributed by atoms with van der Waals surface area (Å²) in [6.45, 7) is 5.65. The lowest BCUT2D eigenvalue weighted by molar-refractivity contribution is -0.118. The molecule has 0 atom stereocenters. The summed E-state index contributed by atoms with van der Waals surface area (Å²) in [5.41, 5.74) is 3.76. The number of aryl methyl sites for hydroxylation is 2. The lowest BCUT2D eigenvalue weighted by atomic mass is 10.2. The van der Waals surface area contributed by atoms with Crippen LogP contribution in [0.1, 0.15) is 19.5 Å². The zero-order chi connectivity index (χ0) is 16.6. The fourth-order valence-electron chi connectivity index (χ4n) is 2.41. The van der Waals surface area contributed by atoms with Gasteiger partial charge in [0.2, 0.25) is 5.91 Å². The number of pyridine rings is 1. The maximum atomic E-state index is 11.8.